The Hall–Kier alpha value is -0.370. The summed E-state index contributed by atoms with van der Waals surface area (Å²) < 4.78 is 0. The first-order chi connectivity index (χ1) is 4.83. The second kappa shape index (κ2) is 15.9. The van der Waals surface area contributed by atoms with E-state index in [0.717, 1.165) is 19.6 Å². The Morgan fingerprint density at radius 3 is 1.80 bits per heavy atom. The summed E-state index contributed by atoms with van der Waals surface area (Å²) in [4.78, 5) is 3.85. The van der Waals surface area contributed by atoms with E-state index in [0.29, 0.717) is 0 Å². The van der Waals surface area contributed by atoms with Crippen molar-refractivity contribution in [2.45, 2.75) is 27.7 Å². The first-order valence-corrected chi connectivity index (χ1v) is 3.98. The van der Waals surface area contributed by atoms with Crippen molar-refractivity contribution in [3.8, 4) is 0 Å². The third kappa shape index (κ3) is 25.5. The Balaban J connectivity index is -0.000000107. The van der Waals surface area contributed by atoms with Crippen molar-refractivity contribution in [1.82, 2.24) is 5.32 Å². The third-order valence-electron chi connectivity index (χ3n) is 0.865. The highest BCUT2D eigenvalue weighted by Crippen LogP contribution is 1.57. The molecule has 0 spiro atoms. The molecule has 0 radical (unpaired) electrons. The zero-order valence-corrected chi connectivity index (χ0v) is 7.65. The Morgan fingerprint density at radius 2 is 1.80 bits per heavy atom. The van der Waals surface area contributed by atoms with Crippen LogP contribution in [0, 0.1) is 0 Å². The second-order valence-electron chi connectivity index (χ2n) is 1.71. The largest absolute Gasteiger partial charge is 0.317 e. The summed E-state index contributed by atoms with van der Waals surface area (Å²) in [5, 5.41) is 3.11. The van der Waals surface area contributed by atoms with Gasteiger partial charge in [0.1, 0.15) is 0 Å². The van der Waals surface area contributed by atoms with E-state index < -0.39 is 0 Å². The third-order valence-corrected chi connectivity index (χ3v) is 0.865. The maximum absolute atomic E-state index is 3.85. The van der Waals surface area contributed by atoms with Crippen LogP contribution in [0.5, 0.6) is 0 Å². The number of nitrogens with zero attached hydrogens (tertiary/aromatic N) is 1. The predicted molar refractivity (Wildman–Crippen MR) is 51.0 cm³/mol. The molecule has 0 saturated carbocycles. The topological polar surface area (TPSA) is 24.4 Å². The molecule has 0 aliphatic rings. The van der Waals surface area contributed by atoms with E-state index >= 15 is 0 Å². The van der Waals surface area contributed by atoms with Crippen LogP contribution in [0.25, 0.3) is 0 Å². The van der Waals surface area contributed by atoms with Gasteiger partial charge in [-0.2, -0.15) is 0 Å². The summed E-state index contributed by atoms with van der Waals surface area (Å²) >= 11 is 0. The van der Waals surface area contributed by atoms with E-state index in [2.05, 4.69) is 24.2 Å². The molecule has 0 rings (SSSR count). The van der Waals surface area contributed by atoms with Crippen molar-refractivity contribution in [2.24, 2.45) is 4.99 Å². The normalized spacial score (nSPS) is 9.20. The standard InChI is InChI=1S/C4H11N.C4H9N.H2/c2*1-3-5-4-2;/h5H,3-4H2,1-2H3;3H,4H2,1-2H3;1H. The lowest BCUT2D eigenvalue weighted by Crippen LogP contribution is -2.09. The summed E-state index contributed by atoms with van der Waals surface area (Å²) in [5.74, 6) is 0. The van der Waals surface area contributed by atoms with Crippen molar-refractivity contribution in [3.63, 3.8) is 0 Å². The van der Waals surface area contributed by atoms with Crippen LogP contribution >= 0.6 is 0 Å². The van der Waals surface area contributed by atoms with Crippen LogP contribution in [-0.2, 0) is 0 Å². The van der Waals surface area contributed by atoms with Crippen LogP contribution in [0.15, 0.2) is 4.99 Å². The Morgan fingerprint density at radius 1 is 1.30 bits per heavy atom. The van der Waals surface area contributed by atoms with Crippen molar-refractivity contribution < 1.29 is 1.43 Å². The van der Waals surface area contributed by atoms with Gasteiger partial charge in [0.25, 0.3) is 0 Å². The molecule has 0 bridgehead atoms. The molecule has 0 heterocycles. The lowest BCUT2D eigenvalue weighted by atomic mass is 10.7. The summed E-state index contributed by atoms with van der Waals surface area (Å²) in [5.41, 5.74) is 0. The van der Waals surface area contributed by atoms with E-state index in [1.165, 1.54) is 0 Å². The van der Waals surface area contributed by atoms with Crippen LogP contribution in [0.4, 0.5) is 0 Å². The van der Waals surface area contributed by atoms with E-state index in [1.807, 2.05) is 13.8 Å². The fraction of sp³-hybridized carbons (Fsp3) is 0.875. The van der Waals surface area contributed by atoms with Gasteiger partial charge in [0, 0.05) is 7.97 Å². The molecule has 0 fully saturated rings. The van der Waals surface area contributed by atoms with Gasteiger partial charge < -0.3 is 5.32 Å². The SMILES string of the molecule is CC=NCC.CCNCC.[HH]. The number of rotatable bonds is 3. The van der Waals surface area contributed by atoms with Crippen molar-refractivity contribution in [2.75, 3.05) is 19.6 Å². The van der Waals surface area contributed by atoms with E-state index in [1.54, 1.807) is 6.21 Å². The summed E-state index contributed by atoms with van der Waals surface area (Å²) in [6.07, 6.45) is 1.81. The van der Waals surface area contributed by atoms with Crippen molar-refractivity contribution in [1.29, 1.82) is 0 Å². The maximum atomic E-state index is 3.85. The molecule has 0 amide bonds. The molecule has 2 heteroatoms. The molecule has 64 valence electrons. The molecular weight excluding hydrogens is 124 g/mol. The molecular formula is C8H22N2. The Bertz CT molecular complexity index is 63.1. The monoisotopic (exact) mass is 146 g/mol. The highest BCUT2D eigenvalue weighted by Gasteiger charge is 1.62. The average Bonchev–Trinajstić information content (AvgIpc) is 1.93. The summed E-state index contributed by atoms with van der Waals surface area (Å²) in [6, 6.07) is 0. The minimum atomic E-state index is 0. The van der Waals surface area contributed by atoms with Crippen LogP contribution < -0.4 is 5.32 Å². The Labute approximate surface area is 66.2 Å². The molecule has 0 atom stereocenters. The summed E-state index contributed by atoms with van der Waals surface area (Å²) in [7, 11) is 0. The minimum Gasteiger partial charge on any atom is -0.317 e. The van der Waals surface area contributed by atoms with Gasteiger partial charge in [0.05, 0.1) is 0 Å². The van der Waals surface area contributed by atoms with E-state index in [4.69, 9.17) is 0 Å². The molecule has 2 nitrogen and oxygen atoms in total. The predicted octanol–water partition coefficient (Wildman–Crippen LogP) is 1.96. The van der Waals surface area contributed by atoms with Gasteiger partial charge in [-0.3, -0.25) is 4.99 Å². The van der Waals surface area contributed by atoms with Crippen molar-refractivity contribution in [3.05, 3.63) is 0 Å². The highest BCUT2D eigenvalue weighted by atomic mass is 14.8. The number of nitrogens with one attached hydrogen (secondary N) is 1. The van der Waals surface area contributed by atoms with Gasteiger partial charge in [-0.1, -0.05) is 13.8 Å². The molecule has 0 aromatic carbocycles. The molecule has 0 saturated heterocycles. The molecule has 1 N–H and O–H groups in total. The lowest BCUT2D eigenvalue weighted by Gasteiger charge is -1.86. The smallest absolute Gasteiger partial charge is 0.0356 e. The van der Waals surface area contributed by atoms with Gasteiger partial charge in [0.15, 0.2) is 0 Å². The maximum Gasteiger partial charge on any atom is 0.0356 e. The molecule has 0 aliphatic carbocycles. The van der Waals surface area contributed by atoms with Crippen molar-refractivity contribution >= 4 is 6.21 Å². The first-order valence-electron chi connectivity index (χ1n) is 3.98. The number of aliphatic imine (C=N–C) groups is 1. The van der Waals surface area contributed by atoms with Crippen LogP contribution in [0.2, 0.25) is 0 Å². The van der Waals surface area contributed by atoms with E-state index in [9.17, 15) is 0 Å². The highest BCUT2D eigenvalue weighted by molar-refractivity contribution is 5.52. The fourth-order valence-corrected chi connectivity index (χ4v) is 0.433. The molecule has 0 aromatic rings. The van der Waals surface area contributed by atoms with Crippen LogP contribution in [0.3, 0.4) is 0 Å². The van der Waals surface area contributed by atoms with Crippen LogP contribution in [0.1, 0.15) is 29.1 Å². The molecule has 0 unspecified atom stereocenters. The quantitative estimate of drug-likeness (QED) is 0.605. The average molecular weight is 146 g/mol. The molecule has 0 aliphatic heterocycles. The van der Waals surface area contributed by atoms with Crippen LogP contribution in [-0.4, -0.2) is 25.8 Å². The summed E-state index contributed by atoms with van der Waals surface area (Å²) in [6.45, 7) is 11.2. The zero-order valence-electron chi connectivity index (χ0n) is 7.65. The van der Waals surface area contributed by atoms with Gasteiger partial charge in [-0.25, -0.2) is 0 Å². The molecule has 10 heavy (non-hydrogen) atoms. The zero-order chi connectivity index (χ0) is 8.24. The van der Waals surface area contributed by atoms with Gasteiger partial charge in [-0.15, -0.1) is 0 Å². The minimum absolute atomic E-state index is 0. The van der Waals surface area contributed by atoms with Gasteiger partial charge in [-0.05, 0) is 33.2 Å². The lowest BCUT2D eigenvalue weighted by molar-refractivity contribution is 0.762. The number of hydrogen-bond donors (Lipinski definition) is 1. The van der Waals surface area contributed by atoms with Gasteiger partial charge >= 0.3 is 0 Å². The van der Waals surface area contributed by atoms with E-state index in [-0.39, 0.29) is 1.43 Å². The Kier molecular flexibility index (Phi) is 19.5. The number of hydrogen-bond acceptors (Lipinski definition) is 2. The second-order valence-corrected chi connectivity index (χ2v) is 1.71. The first kappa shape index (κ1) is 12.3. The fourth-order valence-electron chi connectivity index (χ4n) is 0.433. The van der Waals surface area contributed by atoms with Gasteiger partial charge in [0.2, 0.25) is 0 Å². The molecule has 0 aromatic heterocycles.